The van der Waals surface area contributed by atoms with Gasteiger partial charge in [-0.25, -0.2) is 0 Å². The van der Waals surface area contributed by atoms with Crippen LogP contribution in [0.2, 0.25) is 0 Å². The highest BCUT2D eigenvalue weighted by molar-refractivity contribution is 14.1. The summed E-state index contributed by atoms with van der Waals surface area (Å²) in [7, 11) is 0. The van der Waals surface area contributed by atoms with Gasteiger partial charge in [0.2, 0.25) is 6.04 Å². The first kappa shape index (κ1) is 11.6. The van der Waals surface area contributed by atoms with E-state index in [9.17, 15) is 4.79 Å². The van der Waals surface area contributed by atoms with Crippen molar-refractivity contribution in [3.05, 3.63) is 27.8 Å². The molecule has 1 amide bonds. The van der Waals surface area contributed by atoms with Crippen LogP contribution in [0.5, 0.6) is 0 Å². The number of hydrogen-bond acceptors (Lipinski definition) is 4. The third-order valence-electron chi connectivity index (χ3n) is 1.49. The molecule has 0 aliphatic rings. The average molecular weight is 314 g/mol. The van der Waals surface area contributed by atoms with Gasteiger partial charge in [-0.3, -0.25) is 4.79 Å². The van der Waals surface area contributed by atoms with Gasteiger partial charge in [0.25, 0.3) is 5.91 Å². The fraction of sp³-hybridized carbons (Fsp3) is 0.111. The first-order valence-corrected chi connectivity index (χ1v) is 5.06. The van der Waals surface area contributed by atoms with Gasteiger partial charge < -0.3 is 5.73 Å². The van der Waals surface area contributed by atoms with Gasteiger partial charge in [-0.05, 0) is 40.8 Å². The highest BCUT2D eigenvalue weighted by Gasteiger charge is 2.11. The highest BCUT2D eigenvalue weighted by Crippen LogP contribution is 2.16. The number of carbonyl (C=O) groups excluding carboxylic acids is 1. The lowest BCUT2D eigenvalue weighted by molar-refractivity contribution is -0.118. The van der Waals surface area contributed by atoms with Crippen molar-refractivity contribution in [2.24, 2.45) is 16.0 Å². The smallest absolute Gasteiger partial charge is 0.258 e. The van der Waals surface area contributed by atoms with E-state index in [1.54, 1.807) is 18.2 Å². The summed E-state index contributed by atoms with van der Waals surface area (Å²) in [5, 5.41) is 15.8. The molecule has 0 saturated carbocycles. The zero-order valence-electron chi connectivity index (χ0n) is 7.59. The standard InChI is InChI=1S/C9H7IN4O/c10-6-2-1-3-7(4-6)13-14-8(5-11)9(12)15/h1-4,8H,(H2,12,15)/b14-13+. The summed E-state index contributed by atoms with van der Waals surface area (Å²) in [6.07, 6.45) is 0. The molecule has 76 valence electrons. The maximum atomic E-state index is 10.7. The maximum absolute atomic E-state index is 10.7. The second-order valence-corrected chi connectivity index (χ2v) is 3.87. The molecule has 5 nitrogen and oxygen atoms in total. The van der Waals surface area contributed by atoms with Gasteiger partial charge in [0.15, 0.2) is 0 Å². The third-order valence-corrected chi connectivity index (χ3v) is 2.16. The van der Waals surface area contributed by atoms with Crippen molar-refractivity contribution < 1.29 is 4.79 Å². The van der Waals surface area contributed by atoms with E-state index in [0.717, 1.165) is 3.57 Å². The lowest BCUT2D eigenvalue weighted by Crippen LogP contribution is -2.24. The minimum atomic E-state index is -1.22. The number of nitriles is 1. The SMILES string of the molecule is N#CC(/N=N/c1cccc(I)c1)C(N)=O. The van der Waals surface area contributed by atoms with E-state index in [4.69, 9.17) is 11.0 Å². The van der Waals surface area contributed by atoms with Crippen LogP contribution < -0.4 is 5.73 Å². The quantitative estimate of drug-likeness (QED) is 0.680. The lowest BCUT2D eigenvalue weighted by Gasteiger charge is -1.96. The van der Waals surface area contributed by atoms with E-state index >= 15 is 0 Å². The van der Waals surface area contributed by atoms with E-state index in [1.807, 2.05) is 12.1 Å². The molecule has 0 heterocycles. The van der Waals surface area contributed by atoms with Gasteiger partial charge in [-0.1, -0.05) is 6.07 Å². The molecule has 1 rings (SSSR count). The van der Waals surface area contributed by atoms with Crippen LogP contribution >= 0.6 is 22.6 Å². The van der Waals surface area contributed by atoms with Crippen molar-refractivity contribution in [1.82, 2.24) is 0 Å². The van der Waals surface area contributed by atoms with Crippen molar-refractivity contribution in [3.63, 3.8) is 0 Å². The van der Waals surface area contributed by atoms with E-state index in [0.29, 0.717) is 5.69 Å². The minimum Gasteiger partial charge on any atom is -0.367 e. The van der Waals surface area contributed by atoms with Crippen LogP contribution in [-0.4, -0.2) is 11.9 Å². The number of nitrogens with zero attached hydrogens (tertiary/aromatic N) is 3. The van der Waals surface area contributed by atoms with Crippen LogP contribution in [0.4, 0.5) is 5.69 Å². The molecule has 2 N–H and O–H groups in total. The van der Waals surface area contributed by atoms with Gasteiger partial charge in [0, 0.05) is 3.57 Å². The number of hydrogen-bond donors (Lipinski definition) is 1. The number of rotatable bonds is 3. The Bertz CT molecular complexity index is 438. The number of halogens is 1. The molecule has 0 aliphatic heterocycles. The molecule has 1 atom stereocenters. The summed E-state index contributed by atoms with van der Waals surface area (Å²) in [5.41, 5.74) is 5.51. The first-order chi connectivity index (χ1) is 7.13. The van der Waals surface area contributed by atoms with Crippen molar-refractivity contribution in [1.29, 1.82) is 5.26 Å². The van der Waals surface area contributed by atoms with Gasteiger partial charge in [-0.15, -0.1) is 0 Å². The Labute approximate surface area is 100 Å². The zero-order valence-corrected chi connectivity index (χ0v) is 9.75. The monoisotopic (exact) mass is 314 g/mol. The first-order valence-electron chi connectivity index (χ1n) is 3.99. The Kier molecular flexibility index (Phi) is 4.17. The highest BCUT2D eigenvalue weighted by atomic mass is 127. The van der Waals surface area contributed by atoms with Crippen molar-refractivity contribution >= 4 is 34.2 Å². The van der Waals surface area contributed by atoms with E-state index in [2.05, 4.69) is 32.8 Å². The number of amides is 1. The molecule has 1 aromatic carbocycles. The molecule has 0 aromatic heterocycles. The van der Waals surface area contributed by atoms with Crippen molar-refractivity contribution in [2.45, 2.75) is 6.04 Å². The summed E-state index contributed by atoms with van der Waals surface area (Å²) in [5.74, 6) is -0.799. The molecule has 0 bridgehead atoms. The molecule has 0 radical (unpaired) electrons. The summed E-state index contributed by atoms with van der Waals surface area (Å²) >= 11 is 2.13. The number of benzene rings is 1. The Morgan fingerprint density at radius 3 is 2.87 bits per heavy atom. The fourth-order valence-corrected chi connectivity index (χ4v) is 1.34. The Morgan fingerprint density at radius 1 is 1.60 bits per heavy atom. The molecule has 0 fully saturated rings. The summed E-state index contributed by atoms with van der Waals surface area (Å²) in [6.45, 7) is 0. The molecule has 1 unspecified atom stereocenters. The fourth-order valence-electron chi connectivity index (χ4n) is 0.809. The zero-order chi connectivity index (χ0) is 11.3. The maximum Gasteiger partial charge on any atom is 0.258 e. The second kappa shape index (κ2) is 5.41. The van der Waals surface area contributed by atoms with Crippen LogP contribution in [0, 0.1) is 14.9 Å². The van der Waals surface area contributed by atoms with Gasteiger partial charge in [0.1, 0.15) is 6.07 Å². The summed E-state index contributed by atoms with van der Waals surface area (Å²) in [6, 6.07) is 7.64. The molecule has 15 heavy (non-hydrogen) atoms. The topological polar surface area (TPSA) is 91.6 Å². The van der Waals surface area contributed by atoms with Gasteiger partial charge in [0.05, 0.1) is 5.69 Å². The van der Waals surface area contributed by atoms with Crippen LogP contribution in [0.1, 0.15) is 0 Å². The number of carbonyl (C=O) groups is 1. The molecule has 0 aliphatic carbocycles. The Hall–Kier alpha value is -1.49. The number of nitrogens with two attached hydrogens (primary N) is 1. The van der Waals surface area contributed by atoms with E-state index in [-0.39, 0.29) is 0 Å². The predicted octanol–water partition coefficient (Wildman–Crippen LogP) is 1.75. The molecule has 0 saturated heterocycles. The molecule has 1 aromatic rings. The van der Waals surface area contributed by atoms with Crippen LogP contribution in [-0.2, 0) is 4.79 Å². The largest absolute Gasteiger partial charge is 0.367 e. The van der Waals surface area contributed by atoms with Gasteiger partial charge >= 0.3 is 0 Å². The van der Waals surface area contributed by atoms with Crippen LogP contribution in [0.15, 0.2) is 34.5 Å². The molecular weight excluding hydrogens is 307 g/mol. The summed E-state index contributed by atoms with van der Waals surface area (Å²) < 4.78 is 0.997. The van der Waals surface area contributed by atoms with Crippen molar-refractivity contribution in [3.8, 4) is 6.07 Å². The van der Waals surface area contributed by atoms with E-state index < -0.39 is 11.9 Å². The lowest BCUT2D eigenvalue weighted by atomic mass is 10.3. The van der Waals surface area contributed by atoms with Crippen molar-refractivity contribution in [2.75, 3.05) is 0 Å². The van der Waals surface area contributed by atoms with Crippen LogP contribution in [0.3, 0.4) is 0 Å². The molecular formula is C9H7IN4O. The third kappa shape index (κ3) is 3.63. The van der Waals surface area contributed by atoms with Crippen LogP contribution in [0.25, 0.3) is 0 Å². The number of azo groups is 1. The van der Waals surface area contributed by atoms with Gasteiger partial charge in [-0.2, -0.15) is 15.5 Å². The van der Waals surface area contributed by atoms with E-state index in [1.165, 1.54) is 0 Å². The molecule has 0 spiro atoms. The summed E-state index contributed by atoms with van der Waals surface area (Å²) in [4.78, 5) is 10.7. The Balaban J connectivity index is 2.82. The number of primary amides is 1. The Morgan fingerprint density at radius 2 is 2.33 bits per heavy atom. The normalized spacial score (nSPS) is 12.3. The minimum absolute atomic E-state index is 0.586. The average Bonchev–Trinajstić information content (AvgIpc) is 2.18. The predicted molar refractivity (Wildman–Crippen MR) is 62.3 cm³/mol. The molecule has 6 heteroatoms. The second-order valence-electron chi connectivity index (χ2n) is 2.63.